The monoisotopic (exact) mass is 113 g/mol. The summed E-state index contributed by atoms with van der Waals surface area (Å²) in [6.45, 7) is 4.96. The lowest BCUT2D eigenvalue weighted by Crippen LogP contribution is -2.16. The molecule has 0 aromatic rings. The Labute approximate surface area is 50.5 Å². The molecule has 0 amide bonds. The summed E-state index contributed by atoms with van der Waals surface area (Å²) in [5, 5.41) is 0. The highest BCUT2D eigenvalue weighted by Crippen LogP contribution is 2.10. The van der Waals surface area contributed by atoms with Gasteiger partial charge >= 0.3 is 7.69 Å². The summed E-state index contributed by atoms with van der Waals surface area (Å²) in [5.41, 5.74) is 0. The van der Waals surface area contributed by atoms with E-state index in [1.54, 1.807) is 0 Å². The highest BCUT2D eigenvalue weighted by molar-refractivity contribution is 6.18. The molecule has 0 saturated carbocycles. The Morgan fingerprint density at radius 1 is 1.62 bits per heavy atom. The molecule has 3 heteroatoms. The number of hydrogen-bond donors (Lipinski definition) is 0. The maximum Gasteiger partial charge on any atom is 0.488 e. The zero-order valence-corrected chi connectivity index (χ0v) is 5.26. The molecule has 1 saturated heterocycles. The first kappa shape index (κ1) is 6.11. The third kappa shape index (κ3) is 1.23. The van der Waals surface area contributed by atoms with Crippen LogP contribution < -0.4 is 0 Å². The molecule has 0 aromatic heterocycles. The second kappa shape index (κ2) is 2.51. The molecule has 0 spiro atoms. The lowest BCUT2D eigenvalue weighted by Gasteiger charge is -2.10. The standard InChI is InChI=1S/C5H10BO2/c1-4(2)5-3-7-6-8-5/h4-5H,3H2,1-2H3. The Hall–Kier alpha value is -0.0151. The molecule has 1 fully saturated rings. The van der Waals surface area contributed by atoms with Crippen molar-refractivity contribution in [1.82, 2.24) is 0 Å². The topological polar surface area (TPSA) is 18.5 Å². The summed E-state index contributed by atoms with van der Waals surface area (Å²) in [5.74, 6) is 0.564. The van der Waals surface area contributed by atoms with Gasteiger partial charge in [-0.15, -0.1) is 0 Å². The molecule has 1 aliphatic rings. The third-order valence-corrected chi connectivity index (χ3v) is 1.30. The van der Waals surface area contributed by atoms with Gasteiger partial charge in [-0.25, -0.2) is 0 Å². The fourth-order valence-electron chi connectivity index (χ4n) is 0.634. The summed E-state index contributed by atoms with van der Waals surface area (Å²) in [4.78, 5) is 0. The largest absolute Gasteiger partial charge is 0.488 e. The van der Waals surface area contributed by atoms with Crippen LogP contribution in [0.25, 0.3) is 0 Å². The van der Waals surface area contributed by atoms with E-state index in [-0.39, 0.29) is 6.10 Å². The Kier molecular flexibility index (Phi) is 1.92. The van der Waals surface area contributed by atoms with Gasteiger partial charge in [0, 0.05) is 0 Å². The molecule has 1 rings (SSSR count). The van der Waals surface area contributed by atoms with Gasteiger partial charge in [-0.3, -0.25) is 0 Å². The number of hydrogen-bond acceptors (Lipinski definition) is 2. The van der Waals surface area contributed by atoms with Crippen LogP contribution in [-0.4, -0.2) is 20.4 Å². The van der Waals surface area contributed by atoms with Crippen molar-refractivity contribution < 1.29 is 9.31 Å². The van der Waals surface area contributed by atoms with Crippen molar-refractivity contribution in [3.63, 3.8) is 0 Å². The average molecular weight is 113 g/mol. The molecular formula is C5H10BO2. The van der Waals surface area contributed by atoms with Crippen LogP contribution in [0.2, 0.25) is 0 Å². The molecule has 2 nitrogen and oxygen atoms in total. The van der Waals surface area contributed by atoms with Gasteiger partial charge in [0.1, 0.15) is 0 Å². The van der Waals surface area contributed by atoms with Crippen LogP contribution in [0.5, 0.6) is 0 Å². The molecule has 1 heterocycles. The van der Waals surface area contributed by atoms with E-state index in [1.807, 2.05) is 0 Å². The molecule has 0 aliphatic carbocycles. The van der Waals surface area contributed by atoms with Gasteiger partial charge in [0.2, 0.25) is 0 Å². The van der Waals surface area contributed by atoms with Gasteiger partial charge in [0.05, 0.1) is 12.7 Å². The van der Waals surface area contributed by atoms with E-state index in [2.05, 4.69) is 13.8 Å². The van der Waals surface area contributed by atoms with Gasteiger partial charge in [-0.05, 0) is 5.92 Å². The Balaban J connectivity index is 2.24. The molecule has 0 N–H and O–H groups in total. The van der Waals surface area contributed by atoms with Gasteiger partial charge in [0.15, 0.2) is 0 Å². The van der Waals surface area contributed by atoms with E-state index in [1.165, 1.54) is 7.69 Å². The van der Waals surface area contributed by atoms with Crippen molar-refractivity contribution in [1.29, 1.82) is 0 Å². The van der Waals surface area contributed by atoms with Crippen LogP contribution in [-0.2, 0) is 9.31 Å². The van der Waals surface area contributed by atoms with Crippen molar-refractivity contribution in [2.45, 2.75) is 20.0 Å². The van der Waals surface area contributed by atoms with E-state index in [0.29, 0.717) is 5.92 Å². The minimum Gasteiger partial charge on any atom is -0.411 e. The first-order chi connectivity index (χ1) is 3.80. The molecule has 1 aliphatic heterocycles. The Bertz CT molecular complexity index is 68.8. The highest BCUT2D eigenvalue weighted by atomic mass is 16.6. The molecule has 0 bridgehead atoms. The highest BCUT2D eigenvalue weighted by Gasteiger charge is 2.20. The maximum atomic E-state index is 5.07. The van der Waals surface area contributed by atoms with E-state index in [4.69, 9.17) is 9.31 Å². The summed E-state index contributed by atoms with van der Waals surface area (Å²) >= 11 is 0. The van der Waals surface area contributed by atoms with Crippen molar-refractivity contribution in [3.05, 3.63) is 0 Å². The molecule has 0 aromatic carbocycles. The van der Waals surface area contributed by atoms with Crippen LogP contribution in [0.15, 0.2) is 0 Å². The quantitative estimate of drug-likeness (QED) is 0.463. The Morgan fingerprint density at radius 3 is 2.62 bits per heavy atom. The summed E-state index contributed by atoms with van der Waals surface area (Å²) in [6.07, 6.45) is 0.287. The van der Waals surface area contributed by atoms with Gasteiger partial charge in [-0.2, -0.15) is 0 Å². The molecule has 45 valence electrons. The smallest absolute Gasteiger partial charge is 0.411 e. The minimum atomic E-state index is 0.287. The van der Waals surface area contributed by atoms with E-state index in [0.717, 1.165) is 6.61 Å². The van der Waals surface area contributed by atoms with Crippen molar-refractivity contribution in [3.8, 4) is 0 Å². The summed E-state index contributed by atoms with van der Waals surface area (Å²) < 4.78 is 9.94. The maximum absolute atomic E-state index is 5.07. The average Bonchev–Trinajstić information content (AvgIpc) is 2.12. The van der Waals surface area contributed by atoms with Gasteiger partial charge in [-0.1, -0.05) is 13.8 Å². The van der Waals surface area contributed by atoms with E-state index in [9.17, 15) is 0 Å². The molecule has 1 unspecified atom stereocenters. The molecule has 1 radical (unpaired) electrons. The summed E-state index contributed by atoms with van der Waals surface area (Å²) in [6, 6.07) is 0. The number of rotatable bonds is 1. The lowest BCUT2D eigenvalue weighted by molar-refractivity contribution is 0.180. The predicted molar refractivity (Wildman–Crippen MR) is 31.4 cm³/mol. The van der Waals surface area contributed by atoms with Crippen molar-refractivity contribution >= 4 is 7.69 Å². The normalized spacial score (nSPS) is 28.6. The lowest BCUT2D eigenvalue weighted by atomic mass is 10.1. The first-order valence-electron chi connectivity index (χ1n) is 2.89. The second-order valence-corrected chi connectivity index (χ2v) is 2.35. The fraction of sp³-hybridized carbons (Fsp3) is 1.00. The van der Waals surface area contributed by atoms with E-state index < -0.39 is 0 Å². The van der Waals surface area contributed by atoms with Crippen molar-refractivity contribution in [2.24, 2.45) is 5.92 Å². The van der Waals surface area contributed by atoms with Crippen LogP contribution >= 0.6 is 0 Å². The van der Waals surface area contributed by atoms with Crippen LogP contribution in [0.3, 0.4) is 0 Å². The van der Waals surface area contributed by atoms with Crippen LogP contribution in [0, 0.1) is 5.92 Å². The van der Waals surface area contributed by atoms with Crippen LogP contribution in [0.4, 0.5) is 0 Å². The molecular weight excluding hydrogens is 103 g/mol. The van der Waals surface area contributed by atoms with Gasteiger partial charge in [0.25, 0.3) is 0 Å². The van der Waals surface area contributed by atoms with Crippen molar-refractivity contribution in [2.75, 3.05) is 6.61 Å². The third-order valence-electron chi connectivity index (χ3n) is 1.30. The van der Waals surface area contributed by atoms with Gasteiger partial charge < -0.3 is 9.31 Å². The fourth-order valence-corrected chi connectivity index (χ4v) is 0.634. The Morgan fingerprint density at radius 2 is 2.38 bits per heavy atom. The first-order valence-corrected chi connectivity index (χ1v) is 2.89. The van der Waals surface area contributed by atoms with Crippen LogP contribution in [0.1, 0.15) is 13.8 Å². The SMILES string of the molecule is CC(C)C1CO[B]O1. The predicted octanol–water partition coefficient (Wildman–Crippen LogP) is 0.592. The zero-order valence-electron chi connectivity index (χ0n) is 5.26. The molecule has 1 atom stereocenters. The van der Waals surface area contributed by atoms with E-state index >= 15 is 0 Å². The zero-order chi connectivity index (χ0) is 5.98. The molecule has 8 heavy (non-hydrogen) atoms. The second-order valence-electron chi connectivity index (χ2n) is 2.35. The minimum absolute atomic E-state index is 0.287. The summed E-state index contributed by atoms with van der Waals surface area (Å²) in [7, 11) is 1.42.